The number of phenols is 1. The van der Waals surface area contributed by atoms with Gasteiger partial charge in [-0.25, -0.2) is 0 Å². The Bertz CT molecular complexity index is 791. The predicted molar refractivity (Wildman–Crippen MR) is 100 cm³/mol. The number of ketones is 1. The molecular formula is C21H24N2O3. The third kappa shape index (κ3) is 3.39. The number of nitrogens with zero attached hydrogens (tertiary/aromatic N) is 2. The van der Waals surface area contributed by atoms with E-state index in [1.54, 1.807) is 12.3 Å². The molecule has 5 heteroatoms. The summed E-state index contributed by atoms with van der Waals surface area (Å²) < 4.78 is 5.87. The maximum Gasteiger partial charge on any atom is 0.170 e. The highest BCUT2D eigenvalue weighted by atomic mass is 16.5. The standard InChI is InChI=1S/C21H24N2O3/c24-19-11-16-7-1-2-9-23(16)18-12-17(13-20(25)21(18)19)26-10-4-6-15-5-3-8-22-14-15/h3,5,8,12-14,16,25H,1-2,4,6-7,9-11H2. The topological polar surface area (TPSA) is 62.7 Å². The Morgan fingerprint density at radius 3 is 3.08 bits per heavy atom. The molecule has 0 saturated carbocycles. The van der Waals surface area contributed by atoms with Crippen LogP contribution >= 0.6 is 0 Å². The fourth-order valence-electron chi connectivity index (χ4n) is 4.04. The fourth-order valence-corrected chi connectivity index (χ4v) is 4.04. The zero-order chi connectivity index (χ0) is 17.9. The minimum absolute atomic E-state index is 0.0405. The molecule has 3 heterocycles. The number of benzene rings is 1. The van der Waals surface area contributed by atoms with E-state index in [1.165, 1.54) is 12.0 Å². The van der Waals surface area contributed by atoms with Crippen molar-refractivity contribution in [3.8, 4) is 11.5 Å². The highest BCUT2D eigenvalue weighted by Crippen LogP contribution is 2.42. The molecule has 136 valence electrons. The molecule has 1 unspecified atom stereocenters. The van der Waals surface area contributed by atoms with Crippen LogP contribution in [0.3, 0.4) is 0 Å². The number of Topliss-reactive ketones (excluding diaryl/α,β-unsaturated/α-hetero) is 1. The number of fused-ring (bicyclic) bond motifs is 3. The minimum Gasteiger partial charge on any atom is -0.507 e. The lowest BCUT2D eigenvalue weighted by molar-refractivity contribution is 0.0958. The zero-order valence-corrected chi connectivity index (χ0v) is 14.9. The van der Waals surface area contributed by atoms with Gasteiger partial charge in [-0.1, -0.05) is 6.07 Å². The Morgan fingerprint density at radius 1 is 1.31 bits per heavy atom. The number of rotatable bonds is 5. The number of hydrogen-bond donors (Lipinski definition) is 1. The molecule has 1 aromatic heterocycles. The van der Waals surface area contributed by atoms with Crippen LogP contribution in [0, 0.1) is 0 Å². The van der Waals surface area contributed by atoms with Gasteiger partial charge in [0.05, 0.1) is 17.9 Å². The normalized spacial score (nSPS) is 19.0. The van der Waals surface area contributed by atoms with Crippen molar-refractivity contribution in [2.75, 3.05) is 18.1 Å². The van der Waals surface area contributed by atoms with Gasteiger partial charge in [-0.05, 0) is 43.7 Å². The van der Waals surface area contributed by atoms with E-state index in [0.29, 0.717) is 24.3 Å². The third-order valence-corrected chi connectivity index (χ3v) is 5.31. The first kappa shape index (κ1) is 16.9. The molecule has 5 nitrogen and oxygen atoms in total. The molecule has 4 rings (SSSR count). The molecule has 2 aliphatic rings. The summed E-state index contributed by atoms with van der Waals surface area (Å²) in [5.74, 6) is 0.717. The number of hydrogen-bond acceptors (Lipinski definition) is 5. The van der Waals surface area contributed by atoms with Gasteiger partial charge in [0.25, 0.3) is 0 Å². The number of carbonyl (C=O) groups excluding carboxylic acids is 1. The molecule has 26 heavy (non-hydrogen) atoms. The Morgan fingerprint density at radius 2 is 2.23 bits per heavy atom. The van der Waals surface area contributed by atoms with E-state index >= 15 is 0 Å². The molecule has 1 fully saturated rings. The molecule has 1 N–H and O–H groups in total. The van der Waals surface area contributed by atoms with Crippen molar-refractivity contribution >= 4 is 11.5 Å². The summed E-state index contributed by atoms with van der Waals surface area (Å²) in [6, 6.07) is 7.76. The Labute approximate surface area is 153 Å². The Kier molecular flexibility index (Phi) is 4.78. The van der Waals surface area contributed by atoms with Crippen LogP contribution in [0.2, 0.25) is 0 Å². The van der Waals surface area contributed by atoms with Gasteiger partial charge in [0.2, 0.25) is 0 Å². The molecule has 1 aromatic carbocycles. The summed E-state index contributed by atoms with van der Waals surface area (Å²) in [5.41, 5.74) is 2.49. The monoisotopic (exact) mass is 352 g/mol. The van der Waals surface area contributed by atoms with E-state index < -0.39 is 0 Å². The van der Waals surface area contributed by atoms with Crippen LogP contribution in [0.25, 0.3) is 0 Å². The smallest absolute Gasteiger partial charge is 0.170 e. The molecule has 1 atom stereocenters. The second kappa shape index (κ2) is 7.36. The van der Waals surface area contributed by atoms with Crippen LogP contribution in [0.15, 0.2) is 36.7 Å². The van der Waals surface area contributed by atoms with Crippen LogP contribution in [0.4, 0.5) is 5.69 Å². The minimum atomic E-state index is 0.0405. The van der Waals surface area contributed by atoms with E-state index in [9.17, 15) is 9.90 Å². The van der Waals surface area contributed by atoms with Crippen LogP contribution < -0.4 is 9.64 Å². The maximum absolute atomic E-state index is 12.5. The number of phenolic OH excluding ortho intramolecular Hbond substituents is 1. The number of aryl methyl sites for hydroxylation is 1. The van der Waals surface area contributed by atoms with Gasteiger partial charge in [0, 0.05) is 43.5 Å². The summed E-state index contributed by atoms with van der Waals surface area (Å²) >= 11 is 0. The number of pyridine rings is 1. The van der Waals surface area contributed by atoms with Gasteiger partial charge < -0.3 is 14.7 Å². The van der Waals surface area contributed by atoms with Crippen molar-refractivity contribution in [1.82, 2.24) is 4.98 Å². The lowest BCUT2D eigenvalue weighted by atomic mass is 9.88. The van der Waals surface area contributed by atoms with Crippen LogP contribution in [0.1, 0.15) is 48.0 Å². The molecule has 0 spiro atoms. The average Bonchev–Trinajstić information content (AvgIpc) is 2.66. The molecule has 1 saturated heterocycles. The summed E-state index contributed by atoms with van der Waals surface area (Å²) in [5, 5.41) is 10.4. The molecular weight excluding hydrogens is 328 g/mol. The largest absolute Gasteiger partial charge is 0.507 e. The maximum atomic E-state index is 12.5. The van der Waals surface area contributed by atoms with Gasteiger partial charge >= 0.3 is 0 Å². The first-order valence-corrected chi connectivity index (χ1v) is 9.41. The summed E-state index contributed by atoms with van der Waals surface area (Å²) in [6.45, 7) is 1.50. The molecule has 2 aliphatic heterocycles. The second-order valence-electron chi connectivity index (χ2n) is 7.12. The van der Waals surface area contributed by atoms with E-state index in [0.717, 1.165) is 37.9 Å². The van der Waals surface area contributed by atoms with E-state index in [4.69, 9.17) is 4.74 Å². The zero-order valence-electron chi connectivity index (χ0n) is 14.9. The Balaban J connectivity index is 1.46. The van der Waals surface area contributed by atoms with Crippen molar-refractivity contribution in [2.45, 2.75) is 44.6 Å². The summed E-state index contributed by atoms with van der Waals surface area (Å²) in [4.78, 5) is 18.9. The van der Waals surface area contributed by atoms with Gasteiger partial charge in [-0.15, -0.1) is 0 Å². The van der Waals surface area contributed by atoms with Crippen LogP contribution in [-0.4, -0.2) is 35.1 Å². The highest BCUT2D eigenvalue weighted by molar-refractivity contribution is 6.06. The van der Waals surface area contributed by atoms with Gasteiger partial charge in [0.15, 0.2) is 5.78 Å². The van der Waals surface area contributed by atoms with Crippen molar-refractivity contribution < 1.29 is 14.6 Å². The average molecular weight is 352 g/mol. The number of piperidine rings is 1. The third-order valence-electron chi connectivity index (χ3n) is 5.31. The molecule has 0 radical (unpaired) electrons. The summed E-state index contributed by atoms with van der Waals surface area (Å²) in [6.07, 6.45) is 9.25. The first-order valence-electron chi connectivity index (χ1n) is 9.41. The number of aromatic nitrogens is 1. The van der Waals surface area contributed by atoms with Crippen molar-refractivity contribution in [3.05, 3.63) is 47.8 Å². The first-order chi connectivity index (χ1) is 12.7. The quantitative estimate of drug-likeness (QED) is 0.831. The molecule has 0 bridgehead atoms. The SMILES string of the molecule is O=C1CC2CCCCN2c2cc(OCCCc3cccnc3)cc(O)c21. The van der Waals surface area contributed by atoms with E-state index in [-0.39, 0.29) is 17.6 Å². The van der Waals surface area contributed by atoms with Gasteiger partial charge in [-0.2, -0.15) is 0 Å². The predicted octanol–water partition coefficient (Wildman–Crippen LogP) is 3.74. The van der Waals surface area contributed by atoms with Crippen LogP contribution in [0.5, 0.6) is 11.5 Å². The van der Waals surface area contributed by atoms with Crippen molar-refractivity contribution in [3.63, 3.8) is 0 Å². The lowest BCUT2D eigenvalue weighted by Gasteiger charge is -2.41. The van der Waals surface area contributed by atoms with E-state index in [1.807, 2.05) is 18.3 Å². The van der Waals surface area contributed by atoms with Gasteiger partial charge in [-0.3, -0.25) is 9.78 Å². The molecule has 0 amide bonds. The fraction of sp³-hybridized carbons (Fsp3) is 0.429. The molecule has 2 aromatic rings. The number of aromatic hydroxyl groups is 1. The number of anilines is 1. The van der Waals surface area contributed by atoms with Crippen molar-refractivity contribution in [2.24, 2.45) is 0 Å². The van der Waals surface area contributed by atoms with E-state index in [2.05, 4.69) is 16.0 Å². The highest BCUT2D eigenvalue weighted by Gasteiger charge is 2.35. The molecule has 0 aliphatic carbocycles. The summed E-state index contributed by atoms with van der Waals surface area (Å²) in [7, 11) is 0. The number of carbonyl (C=O) groups is 1. The lowest BCUT2D eigenvalue weighted by Crippen LogP contribution is -2.44. The second-order valence-corrected chi connectivity index (χ2v) is 7.12. The van der Waals surface area contributed by atoms with Gasteiger partial charge in [0.1, 0.15) is 11.5 Å². The number of ether oxygens (including phenoxy) is 1. The Hall–Kier alpha value is -2.56. The van der Waals surface area contributed by atoms with Crippen LogP contribution in [-0.2, 0) is 6.42 Å². The van der Waals surface area contributed by atoms with Crippen molar-refractivity contribution in [1.29, 1.82) is 0 Å².